The lowest BCUT2D eigenvalue weighted by molar-refractivity contribution is 0.152. The summed E-state index contributed by atoms with van der Waals surface area (Å²) in [6.07, 6.45) is 4.15. The van der Waals surface area contributed by atoms with Crippen molar-refractivity contribution < 1.29 is 13.2 Å². The molecule has 206 valence electrons. The summed E-state index contributed by atoms with van der Waals surface area (Å²) in [7, 11) is -3.15. The molecule has 12 heteroatoms. The molecule has 2 aliphatic rings. The molecule has 6 rings (SSSR count). The quantitative estimate of drug-likeness (QED) is 0.351. The largest absolute Gasteiger partial charge is 0.380 e. The molecule has 0 aliphatic carbocycles. The van der Waals surface area contributed by atoms with Crippen LogP contribution in [0.2, 0.25) is 0 Å². The van der Waals surface area contributed by atoms with Gasteiger partial charge in [-0.3, -0.25) is 4.90 Å². The number of ether oxygens (including phenoxy) is 1. The molecular weight excluding hydrogens is 534 g/mol. The number of piperazine rings is 1. The smallest absolute Gasteiger partial charge is 0.253 e. The van der Waals surface area contributed by atoms with Crippen molar-refractivity contribution in [2.75, 3.05) is 63.6 Å². The number of hydrogen-bond donors (Lipinski definition) is 0. The lowest BCUT2D eigenvalue weighted by atomic mass is 10.1. The van der Waals surface area contributed by atoms with Gasteiger partial charge in [0.25, 0.3) is 5.95 Å². The molecule has 3 aromatic heterocycles. The molecule has 2 saturated heterocycles. The van der Waals surface area contributed by atoms with Crippen LogP contribution in [0, 0.1) is 6.92 Å². The lowest BCUT2D eigenvalue weighted by Crippen LogP contribution is -2.47. The van der Waals surface area contributed by atoms with Crippen LogP contribution in [-0.4, -0.2) is 96.1 Å². The van der Waals surface area contributed by atoms with E-state index in [-0.39, 0.29) is 0 Å². The number of nitrogens with zero attached hydrogens (tertiary/aromatic N) is 7. The first kappa shape index (κ1) is 26.3. The molecule has 1 aromatic carbocycles. The second-order valence-electron chi connectivity index (χ2n) is 10.2. The topological polar surface area (TPSA) is 96.7 Å². The van der Waals surface area contributed by atoms with Gasteiger partial charge < -0.3 is 9.64 Å². The summed E-state index contributed by atoms with van der Waals surface area (Å²) in [5.41, 5.74) is 4.04. The van der Waals surface area contributed by atoms with Crippen molar-refractivity contribution in [3.8, 4) is 17.2 Å². The third-order valence-electron chi connectivity index (χ3n) is 7.20. The normalized spacial score (nSPS) is 18.1. The third-order valence-corrected chi connectivity index (χ3v) is 9.61. The zero-order valence-electron chi connectivity index (χ0n) is 22.3. The fourth-order valence-electron chi connectivity index (χ4n) is 5.14. The third kappa shape index (κ3) is 5.85. The molecule has 0 saturated carbocycles. The van der Waals surface area contributed by atoms with Gasteiger partial charge >= 0.3 is 0 Å². The van der Waals surface area contributed by atoms with E-state index >= 15 is 0 Å². The molecule has 2 aliphatic heterocycles. The van der Waals surface area contributed by atoms with Gasteiger partial charge in [0.1, 0.15) is 0 Å². The molecule has 0 atom stereocenters. The highest BCUT2D eigenvalue weighted by Crippen LogP contribution is 2.34. The SMILES string of the molecule is Cc1cccc(-c2ccn(-c3nc(N4CCCOCC4)c4sc(CN5CCN(S(C)(=O)=O)CC5)cc4n3)n2)c1. The molecule has 0 bridgehead atoms. The Bertz CT molecular complexity index is 1570. The number of sulfonamides is 1. The van der Waals surface area contributed by atoms with Gasteiger partial charge in [0.15, 0.2) is 5.82 Å². The average Bonchev–Trinajstić information content (AvgIpc) is 3.47. The van der Waals surface area contributed by atoms with Gasteiger partial charge in [-0.15, -0.1) is 11.3 Å². The van der Waals surface area contributed by atoms with Gasteiger partial charge in [0, 0.05) is 69.1 Å². The maximum atomic E-state index is 11.9. The van der Waals surface area contributed by atoms with Gasteiger partial charge in [0.2, 0.25) is 10.0 Å². The standard InChI is InChI=1S/C27H33N7O3S2/c1-20-5-3-6-21(17-20)23-7-9-34(30-23)27-28-24-18-22(19-31-10-12-33(13-11-31)39(2,35)36)38-25(24)26(29-27)32-8-4-15-37-16-14-32/h3,5-7,9,17-18H,4,8,10-16,19H2,1-2H3. The van der Waals surface area contributed by atoms with Gasteiger partial charge in [-0.25, -0.2) is 18.1 Å². The van der Waals surface area contributed by atoms with Crippen LogP contribution in [0.25, 0.3) is 27.4 Å². The molecule has 4 aromatic rings. The Morgan fingerprint density at radius 1 is 1.00 bits per heavy atom. The minimum absolute atomic E-state index is 0.523. The predicted molar refractivity (Wildman–Crippen MR) is 154 cm³/mol. The van der Waals surface area contributed by atoms with Crippen LogP contribution in [0.1, 0.15) is 16.9 Å². The summed E-state index contributed by atoms with van der Waals surface area (Å²) in [6, 6.07) is 12.5. The number of benzene rings is 1. The first-order valence-electron chi connectivity index (χ1n) is 13.3. The summed E-state index contributed by atoms with van der Waals surface area (Å²) in [4.78, 5) is 15.8. The van der Waals surface area contributed by atoms with Crippen LogP contribution in [0.5, 0.6) is 0 Å². The predicted octanol–water partition coefficient (Wildman–Crippen LogP) is 3.16. The van der Waals surface area contributed by atoms with Crippen LogP contribution >= 0.6 is 11.3 Å². The molecule has 2 fully saturated rings. The highest BCUT2D eigenvalue weighted by atomic mass is 32.2. The van der Waals surface area contributed by atoms with E-state index in [1.807, 2.05) is 18.3 Å². The van der Waals surface area contributed by atoms with E-state index in [4.69, 9.17) is 19.8 Å². The summed E-state index contributed by atoms with van der Waals surface area (Å²) < 4.78 is 33.9. The van der Waals surface area contributed by atoms with Crippen LogP contribution in [0.3, 0.4) is 0 Å². The molecule has 5 heterocycles. The Balaban J connectivity index is 1.32. The molecule has 0 unspecified atom stereocenters. The zero-order chi connectivity index (χ0) is 27.0. The summed E-state index contributed by atoms with van der Waals surface area (Å²) in [5.74, 6) is 1.47. The van der Waals surface area contributed by atoms with Crippen LogP contribution < -0.4 is 4.90 Å². The molecule has 0 N–H and O–H groups in total. The lowest BCUT2D eigenvalue weighted by Gasteiger charge is -2.32. The Morgan fingerprint density at radius 2 is 1.85 bits per heavy atom. The molecule has 0 amide bonds. The van der Waals surface area contributed by atoms with Crippen molar-refractivity contribution in [2.24, 2.45) is 0 Å². The monoisotopic (exact) mass is 567 g/mol. The fourth-order valence-corrected chi connectivity index (χ4v) is 7.12. The van der Waals surface area contributed by atoms with Crippen molar-refractivity contribution >= 4 is 37.4 Å². The summed E-state index contributed by atoms with van der Waals surface area (Å²) in [5, 5.41) is 4.82. The molecular formula is C27H33N7O3S2. The van der Waals surface area contributed by atoms with E-state index in [0.717, 1.165) is 60.0 Å². The maximum absolute atomic E-state index is 11.9. The number of rotatable bonds is 6. The van der Waals surface area contributed by atoms with Crippen molar-refractivity contribution in [3.63, 3.8) is 0 Å². The van der Waals surface area contributed by atoms with Crippen molar-refractivity contribution in [1.29, 1.82) is 0 Å². The number of anilines is 1. The van der Waals surface area contributed by atoms with Crippen molar-refractivity contribution in [1.82, 2.24) is 29.0 Å². The van der Waals surface area contributed by atoms with E-state index in [1.54, 1.807) is 20.3 Å². The molecule has 10 nitrogen and oxygen atoms in total. The fraction of sp³-hybridized carbons (Fsp3) is 0.444. The minimum atomic E-state index is -3.15. The van der Waals surface area contributed by atoms with Gasteiger partial charge in [0.05, 0.1) is 28.8 Å². The number of hydrogen-bond acceptors (Lipinski definition) is 9. The number of fused-ring (bicyclic) bond motifs is 1. The first-order valence-corrected chi connectivity index (χ1v) is 15.9. The van der Waals surface area contributed by atoms with Gasteiger partial charge in [-0.05, 0) is 31.5 Å². The Morgan fingerprint density at radius 3 is 2.64 bits per heavy atom. The Labute approximate surface area is 232 Å². The van der Waals surface area contributed by atoms with Crippen molar-refractivity contribution in [3.05, 3.63) is 53.0 Å². The van der Waals surface area contributed by atoms with E-state index in [9.17, 15) is 8.42 Å². The van der Waals surface area contributed by atoms with E-state index in [0.29, 0.717) is 38.7 Å². The summed E-state index contributed by atoms with van der Waals surface area (Å²) in [6.45, 7) is 8.39. The number of thiophene rings is 1. The van der Waals surface area contributed by atoms with Crippen molar-refractivity contribution in [2.45, 2.75) is 19.9 Å². The Hall–Kier alpha value is -2.90. The van der Waals surface area contributed by atoms with E-state index in [1.165, 1.54) is 16.7 Å². The molecule has 39 heavy (non-hydrogen) atoms. The molecule has 0 spiro atoms. The van der Waals surface area contributed by atoms with Crippen LogP contribution in [-0.2, 0) is 21.3 Å². The van der Waals surface area contributed by atoms with Gasteiger partial charge in [-0.2, -0.15) is 14.4 Å². The van der Waals surface area contributed by atoms with Gasteiger partial charge in [-0.1, -0.05) is 23.8 Å². The minimum Gasteiger partial charge on any atom is -0.380 e. The highest BCUT2D eigenvalue weighted by molar-refractivity contribution is 7.88. The first-order chi connectivity index (χ1) is 18.8. The number of aromatic nitrogens is 4. The van der Waals surface area contributed by atoms with Crippen LogP contribution in [0.4, 0.5) is 5.82 Å². The number of aryl methyl sites for hydroxylation is 1. The highest BCUT2D eigenvalue weighted by Gasteiger charge is 2.25. The average molecular weight is 568 g/mol. The van der Waals surface area contributed by atoms with E-state index < -0.39 is 10.0 Å². The molecule has 0 radical (unpaired) electrons. The van der Waals surface area contributed by atoms with Crippen LogP contribution in [0.15, 0.2) is 42.6 Å². The maximum Gasteiger partial charge on any atom is 0.253 e. The van der Waals surface area contributed by atoms with E-state index in [2.05, 4.69) is 41.0 Å². The zero-order valence-corrected chi connectivity index (χ0v) is 23.9. The second-order valence-corrected chi connectivity index (χ2v) is 13.3. The Kier molecular flexibility index (Phi) is 7.38. The summed E-state index contributed by atoms with van der Waals surface area (Å²) >= 11 is 1.72. The second kappa shape index (κ2) is 10.9.